The summed E-state index contributed by atoms with van der Waals surface area (Å²) < 4.78 is 5.64. The molecule has 1 nitrogen and oxygen atoms in total. The number of hydrogen-bond acceptors (Lipinski definition) is 1. The van der Waals surface area contributed by atoms with Gasteiger partial charge in [-0.15, -0.1) is 0 Å². The summed E-state index contributed by atoms with van der Waals surface area (Å²) >= 11 is 0. The van der Waals surface area contributed by atoms with E-state index in [1.807, 2.05) is 6.26 Å². The highest BCUT2D eigenvalue weighted by molar-refractivity contribution is 5.69. The molecule has 1 heterocycles. The normalized spacial score (nSPS) is 10.7. The lowest BCUT2D eigenvalue weighted by atomic mass is 9.98. The van der Waals surface area contributed by atoms with Gasteiger partial charge < -0.3 is 4.42 Å². The average molecular weight is 200 g/mol. The first-order chi connectivity index (χ1) is 7.11. The fraction of sp³-hybridized carbons (Fsp3) is 0.286. The van der Waals surface area contributed by atoms with Crippen molar-refractivity contribution >= 4 is 0 Å². The molecule has 0 unspecified atom stereocenters. The SMILES string of the molecule is Cc1coc(-c2c(C)cccc2C)c1C. The first-order valence-electron chi connectivity index (χ1n) is 5.22. The summed E-state index contributed by atoms with van der Waals surface area (Å²) in [6, 6.07) is 6.33. The van der Waals surface area contributed by atoms with E-state index in [0.29, 0.717) is 0 Å². The van der Waals surface area contributed by atoms with Crippen LogP contribution in [0.2, 0.25) is 0 Å². The molecule has 0 bridgehead atoms. The minimum Gasteiger partial charge on any atom is -0.464 e. The second-order valence-corrected chi connectivity index (χ2v) is 4.14. The number of rotatable bonds is 1. The lowest BCUT2D eigenvalue weighted by Crippen LogP contribution is -1.88. The van der Waals surface area contributed by atoms with Crippen LogP contribution in [-0.4, -0.2) is 0 Å². The Balaban J connectivity index is 2.69. The fourth-order valence-corrected chi connectivity index (χ4v) is 1.92. The number of benzene rings is 1. The summed E-state index contributed by atoms with van der Waals surface area (Å²) in [5.74, 6) is 1.02. The molecule has 0 radical (unpaired) electrons. The van der Waals surface area contributed by atoms with Gasteiger partial charge in [-0.25, -0.2) is 0 Å². The van der Waals surface area contributed by atoms with Crippen LogP contribution in [0.5, 0.6) is 0 Å². The van der Waals surface area contributed by atoms with Crippen molar-refractivity contribution in [1.29, 1.82) is 0 Å². The van der Waals surface area contributed by atoms with Gasteiger partial charge in [0.05, 0.1) is 6.26 Å². The maximum Gasteiger partial charge on any atom is 0.137 e. The summed E-state index contributed by atoms with van der Waals surface area (Å²) in [7, 11) is 0. The zero-order valence-corrected chi connectivity index (χ0v) is 9.72. The van der Waals surface area contributed by atoms with Gasteiger partial charge in [0.2, 0.25) is 0 Å². The van der Waals surface area contributed by atoms with E-state index < -0.39 is 0 Å². The molecule has 0 N–H and O–H groups in total. The maximum atomic E-state index is 5.64. The smallest absolute Gasteiger partial charge is 0.137 e. The number of furan rings is 1. The topological polar surface area (TPSA) is 13.1 Å². The van der Waals surface area contributed by atoms with Crippen LogP contribution < -0.4 is 0 Å². The lowest BCUT2D eigenvalue weighted by molar-refractivity contribution is 0.578. The first kappa shape index (κ1) is 10.0. The molecule has 0 saturated carbocycles. The Kier molecular flexibility index (Phi) is 2.39. The summed E-state index contributed by atoms with van der Waals surface area (Å²) in [6.07, 6.45) is 1.83. The molecule has 1 aromatic heterocycles. The van der Waals surface area contributed by atoms with Crippen molar-refractivity contribution in [2.75, 3.05) is 0 Å². The number of aryl methyl sites for hydroxylation is 3. The van der Waals surface area contributed by atoms with Crippen LogP contribution in [0, 0.1) is 27.7 Å². The standard InChI is InChI=1S/C14H16O/c1-9-6-5-7-10(2)13(9)14-12(4)11(3)8-15-14/h5-8H,1-4H3. The molecular weight excluding hydrogens is 184 g/mol. The van der Waals surface area contributed by atoms with E-state index in [1.54, 1.807) is 0 Å². The van der Waals surface area contributed by atoms with Crippen LogP contribution in [0.4, 0.5) is 0 Å². The maximum absolute atomic E-state index is 5.64. The predicted molar refractivity (Wildman–Crippen MR) is 63.1 cm³/mol. The van der Waals surface area contributed by atoms with Gasteiger partial charge >= 0.3 is 0 Å². The molecule has 0 amide bonds. The van der Waals surface area contributed by atoms with E-state index in [-0.39, 0.29) is 0 Å². The molecule has 0 spiro atoms. The molecule has 0 aliphatic heterocycles. The van der Waals surface area contributed by atoms with Gasteiger partial charge in [-0.05, 0) is 49.9 Å². The van der Waals surface area contributed by atoms with Gasteiger partial charge in [0.15, 0.2) is 0 Å². The van der Waals surface area contributed by atoms with Crippen molar-refractivity contribution in [3.63, 3.8) is 0 Å². The molecular formula is C14H16O. The van der Waals surface area contributed by atoms with Crippen LogP contribution in [0.3, 0.4) is 0 Å². The van der Waals surface area contributed by atoms with Gasteiger partial charge in [-0.3, -0.25) is 0 Å². The molecule has 78 valence electrons. The highest BCUT2D eigenvalue weighted by atomic mass is 16.3. The zero-order valence-electron chi connectivity index (χ0n) is 9.72. The zero-order chi connectivity index (χ0) is 11.0. The van der Waals surface area contributed by atoms with Crippen molar-refractivity contribution in [2.45, 2.75) is 27.7 Å². The molecule has 15 heavy (non-hydrogen) atoms. The van der Waals surface area contributed by atoms with Crippen molar-refractivity contribution in [1.82, 2.24) is 0 Å². The van der Waals surface area contributed by atoms with E-state index >= 15 is 0 Å². The van der Waals surface area contributed by atoms with Crippen molar-refractivity contribution in [3.8, 4) is 11.3 Å². The molecule has 1 heteroatoms. The van der Waals surface area contributed by atoms with Gasteiger partial charge in [0.25, 0.3) is 0 Å². The van der Waals surface area contributed by atoms with Crippen LogP contribution in [-0.2, 0) is 0 Å². The molecule has 2 aromatic rings. The number of hydrogen-bond donors (Lipinski definition) is 0. The van der Waals surface area contributed by atoms with Crippen molar-refractivity contribution in [3.05, 3.63) is 46.7 Å². The third kappa shape index (κ3) is 1.58. The molecule has 2 rings (SSSR count). The van der Waals surface area contributed by atoms with Gasteiger partial charge in [-0.2, -0.15) is 0 Å². The predicted octanol–water partition coefficient (Wildman–Crippen LogP) is 4.18. The van der Waals surface area contributed by atoms with E-state index in [4.69, 9.17) is 4.42 Å². The molecule has 0 aliphatic rings. The summed E-state index contributed by atoms with van der Waals surface area (Å²) in [5, 5.41) is 0. The molecule has 0 aliphatic carbocycles. The second-order valence-electron chi connectivity index (χ2n) is 4.14. The first-order valence-corrected chi connectivity index (χ1v) is 5.22. The molecule has 1 aromatic carbocycles. The molecule has 0 fully saturated rings. The third-order valence-electron chi connectivity index (χ3n) is 2.99. The van der Waals surface area contributed by atoms with Crippen molar-refractivity contribution in [2.24, 2.45) is 0 Å². The van der Waals surface area contributed by atoms with E-state index in [0.717, 1.165) is 5.76 Å². The Morgan fingerprint density at radius 2 is 1.47 bits per heavy atom. The van der Waals surface area contributed by atoms with Crippen molar-refractivity contribution < 1.29 is 4.42 Å². The minimum atomic E-state index is 1.02. The lowest BCUT2D eigenvalue weighted by Gasteiger charge is -2.07. The monoisotopic (exact) mass is 200 g/mol. The largest absolute Gasteiger partial charge is 0.464 e. The van der Waals surface area contributed by atoms with Gasteiger partial charge in [0.1, 0.15) is 5.76 Å². The fourth-order valence-electron chi connectivity index (χ4n) is 1.92. The van der Waals surface area contributed by atoms with E-state index in [9.17, 15) is 0 Å². The average Bonchev–Trinajstić information content (AvgIpc) is 2.49. The summed E-state index contributed by atoms with van der Waals surface area (Å²) in [4.78, 5) is 0. The van der Waals surface area contributed by atoms with E-state index in [1.165, 1.54) is 27.8 Å². The van der Waals surface area contributed by atoms with Gasteiger partial charge in [0, 0.05) is 5.56 Å². The highest BCUT2D eigenvalue weighted by Gasteiger charge is 2.12. The summed E-state index contributed by atoms with van der Waals surface area (Å²) in [6.45, 7) is 8.44. The second kappa shape index (κ2) is 3.58. The van der Waals surface area contributed by atoms with Crippen LogP contribution in [0.25, 0.3) is 11.3 Å². The van der Waals surface area contributed by atoms with Crippen LogP contribution in [0.1, 0.15) is 22.3 Å². The van der Waals surface area contributed by atoms with Crippen LogP contribution >= 0.6 is 0 Å². The summed E-state index contributed by atoms with van der Waals surface area (Å²) in [5.41, 5.74) is 6.24. The highest BCUT2D eigenvalue weighted by Crippen LogP contribution is 2.32. The van der Waals surface area contributed by atoms with E-state index in [2.05, 4.69) is 45.9 Å². The molecule has 0 saturated heterocycles. The third-order valence-corrected chi connectivity index (χ3v) is 2.99. The quantitative estimate of drug-likeness (QED) is 0.673. The van der Waals surface area contributed by atoms with Crippen LogP contribution in [0.15, 0.2) is 28.9 Å². The Hall–Kier alpha value is -1.50. The Labute approximate surface area is 90.7 Å². The van der Waals surface area contributed by atoms with Gasteiger partial charge in [-0.1, -0.05) is 18.2 Å². The minimum absolute atomic E-state index is 1.02. The Morgan fingerprint density at radius 1 is 0.867 bits per heavy atom. The molecule has 0 atom stereocenters. The Morgan fingerprint density at radius 3 is 1.93 bits per heavy atom. The Bertz CT molecular complexity index is 472.